The maximum atomic E-state index is 14.0. The van der Waals surface area contributed by atoms with Crippen LogP contribution in [0.2, 0.25) is 0 Å². The lowest BCUT2D eigenvalue weighted by molar-refractivity contribution is -0.0527. The number of benzene rings is 1. The van der Waals surface area contributed by atoms with Gasteiger partial charge in [0, 0.05) is 22.9 Å². The van der Waals surface area contributed by atoms with Crippen LogP contribution < -0.4 is 0 Å². The van der Waals surface area contributed by atoms with E-state index in [1.165, 1.54) is 38.2 Å². The van der Waals surface area contributed by atoms with E-state index in [1.807, 2.05) is 4.90 Å². The molecule has 2 fully saturated rings. The minimum absolute atomic E-state index is 0.0622. The number of nitrogens with zero attached hydrogens (tertiary/aromatic N) is 1. The van der Waals surface area contributed by atoms with E-state index in [0.717, 1.165) is 12.8 Å². The highest BCUT2D eigenvalue weighted by atomic mass is 79.9. The minimum atomic E-state index is -0.329. The largest absolute Gasteiger partial charge is 0.375 e. The molecule has 0 bridgehead atoms. The average molecular weight is 423 g/mol. The first kappa shape index (κ1) is 18.0. The molecule has 0 radical (unpaired) electrons. The molecular weight excluding hydrogens is 399 g/mol. The van der Waals surface area contributed by atoms with Crippen LogP contribution in [0.3, 0.4) is 0 Å². The number of carbonyl (C=O) groups excluding carboxylic acids is 1. The number of hydrogen-bond donors (Lipinski definition) is 1. The van der Waals surface area contributed by atoms with Gasteiger partial charge in [0.1, 0.15) is 11.5 Å². The van der Waals surface area contributed by atoms with Crippen molar-refractivity contribution in [3.8, 4) is 0 Å². The molecule has 1 amide bonds. The Labute approximate surface area is 161 Å². The number of aromatic amines is 1. The molecule has 0 spiro atoms. The third-order valence-corrected chi connectivity index (χ3v) is 6.01. The highest BCUT2D eigenvalue weighted by Gasteiger charge is 2.27. The average Bonchev–Trinajstić information content (AvgIpc) is 3.07. The first-order valence-corrected chi connectivity index (χ1v) is 10.3. The number of hydrogen-bond acceptors (Lipinski definition) is 2. The van der Waals surface area contributed by atoms with Gasteiger partial charge in [0.15, 0.2) is 0 Å². The van der Waals surface area contributed by atoms with Crippen LogP contribution in [-0.4, -0.2) is 41.1 Å². The monoisotopic (exact) mass is 422 g/mol. The summed E-state index contributed by atoms with van der Waals surface area (Å²) in [6.45, 7) is 1.38. The van der Waals surface area contributed by atoms with Crippen LogP contribution in [0.1, 0.15) is 55.4 Å². The third-order valence-electron chi connectivity index (χ3n) is 5.55. The van der Waals surface area contributed by atoms with Crippen LogP contribution in [-0.2, 0) is 4.74 Å². The fourth-order valence-electron chi connectivity index (χ4n) is 4.11. The summed E-state index contributed by atoms with van der Waals surface area (Å²) in [5, 5.41) is 0.451. The van der Waals surface area contributed by atoms with E-state index >= 15 is 0 Å². The maximum absolute atomic E-state index is 14.0. The SMILES string of the molecule is O=C(c1cc2c(F)cc(Br)cc2[nH]1)N1CCC(OC2CCCCC2)CC1. The van der Waals surface area contributed by atoms with E-state index in [2.05, 4.69) is 20.9 Å². The van der Waals surface area contributed by atoms with Crippen molar-refractivity contribution in [1.82, 2.24) is 9.88 Å². The molecule has 2 heterocycles. The summed E-state index contributed by atoms with van der Waals surface area (Å²) in [5.41, 5.74) is 1.08. The molecular formula is C20H24BrFN2O2. The zero-order valence-corrected chi connectivity index (χ0v) is 16.4. The quantitative estimate of drug-likeness (QED) is 0.753. The van der Waals surface area contributed by atoms with Gasteiger partial charge in [0.05, 0.1) is 17.7 Å². The smallest absolute Gasteiger partial charge is 0.270 e. The Balaban J connectivity index is 1.38. The molecule has 0 unspecified atom stereocenters. The third kappa shape index (κ3) is 3.81. The number of likely N-dealkylation sites (tertiary alicyclic amines) is 1. The van der Waals surface area contributed by atoms with Crippen LogP contribution in [0, 0.1) is 5.82 Å². The maximum Gasteiger partial charge on any atom is 0.270 e. The van der Waals surface area contributed by atoms with E-state index in [9.17, 15) is 9.18 Å². The van der Waals surface area contributed by atoms with E-state index in [-0.39, 0.29) is 17.8 Å². The van der Waals surface area contributed by atoms with Gasteiger partial charge in [-0.05, 0) is 43.9 Å². The molecule has 1 aliphatic carbocycles. The molecule has 26 heavy (non-hydrogen) atoms. The summed E-state index contributed by atoms with van der Waals surface area (Å²) in [4.78, 5) is 17.7. The number of fused-ring (bicyclic) bond motifs is 1. The summed E-state index contributed by atoms with van der Waals surface area (Å²) in [5.74, 6) is -0.392. The van der Waals surface area contributed by atoms with Crippen molar-refractivity contribution in [1.29, 1.82) is 0 Å². The van der Waals surface area contributed by atoms with Crippen LogP contribution in [0.4, 0.5) is 4.39 Å². The molecule has 1 N–H and O–H groups in total. The zero-order valence-electron chi connectivity index (χ0n) is 14.8. The number of carbonyl (C=O) groups is 1. The predicted octanol–water partition coefficient (Wildman–Crippen LogP) is 5.02. The molecule has 1 aliphatic heterocycles. The van der Waals surface area contributed by atoms with Gasteiger partial charge in [-0.2, -0.15) is 0 Å². The number of piperidine rings is 1. The van der Waals surface area contributed by atoms with Crippen molar-refractivity contribution >= 4 is 32.7 Å². The van der Waals surface area contributed by atoms with E-state index in [1.54, 1.807) is 12.1 Å². The highest BCUT2D eigenvalue weighted by molar-refractivity contribution is 9.10. The lowest BCUT2D eigenvalue weighted by Crippen LogP contribution is -2.42. The van der Waals surface area contributed by atoms with Gasteiger partial charge in [-0.25, -0.2) is 4.39 Å². The Morgan fingerprint density at radius 3 is 2.50 bits per heavy atom. The number of rotatable bonds is 3. The van der Waals surface area contributed by atoms with Gasteiger partial charge >= 0.3 is 0 Å². The molecule has 2 aromatic rings. The van der Waals surface area contributed by atoms with Crippen molar-refractivity contribution in [3.05, 3.63) is 34.2 Å². The Morgan fingerprint density at radius 2 is 1.77 bits per heavy atom. The molecule has 2 aliphatic rings. The number of ether oxygens (including phenoxy) is 1. The molecule has 4 nitrogen and oxygen atoms in total. The van der Waals surface area contributed by atoms with Crippen LogP contribution in [0.15, 0.2) is 22.7 Å². The lowest BCUT2D eigenvalue weighted by atomic mass is 9.97. The van der Waals surface area contributed by atoms with Crippen LogP contribution >= 0.6 is 15.9 Å². The second kappa shape index (κ2) is 7.69. The topological polar surface area (TPSA) is 45.3 Å². The van der Waals surface area contributed by atoms with E-state index < -0.39 is 0 Å². The molecule has 6 heteroatoms. The van der Waals surface area contributed by atoms with Crippen LogP contribution in [0.5, 0.6) is 0 Å². The predicted molar refractivity (Wildman–Crippen MR) is 103 cm³/mol. The number of aromatic nitrogens is 1. The second-order valence-electron chi connectivity index (χ2n) is 7.42. The lowest BCUT2D eigenvalue weighted by Gasteiger charge is -2.34. The van der Waals surface area contributed by atoms with E-state index in [0.29, 0.717) is 40.3 Å². The molecule has 4 rings (SSSR count). The summed E-state index contributed by atoms with van der Waals surface area (Å²) >= 11 is 3.28. The fourth-order valence-corrected chi connectivity index (χ4v) is 4.54. The summed E-state index contributed by atoms with van der Waals surface area (Å²) in [6.07, 6.45) is 8.65. The summed E-state index contributed by atoms with van der Waals surface area (Å²) in [7, 11) is 0. The Morgan fingerprint density at radius 1 is 1.08 bits per heavy atom. The number of H-pyrrole nitrogens is 1. The Hall–Kier alpha value is -1.40. The molecule has 0 atom stereocenters. The molecule has 1 aromatic heterocycles. The van der Waals surface area contributed by atoms with Gasteiger partial charge in [0.25, 0.3) is 5.91 Å². The molecule has 1 aromatic carbocycles. The Bertz CT molecular complexity index is 792. The van der Waals surface area contributed by atoms with Crippen molar-refractivity contribution in [2.24, 2.45) is 0 Å². The first-order valence-electron chi connectivity index (χ1n) is 9.52. The van der Waals surface area contributed by atoms with Crippen molar-refractivity contribution in [2.75, 3.05) is 13.1 Å². The van der Waals surface area contributed by atoms with E-state index in [4.69, 9.17) is 4.74 Å². The van der Waals surface area contributed by atoms with Crippen molar-refractivity contribution in [3.63, 3.8) is 0 Å². The minimum Gasteiger partial charge on any atom is -0.375 e. The van der Waals surface area contributed by atoms with Crippen molar-refractivity contribution < 1.29 is 13.9 Å². The highest BCUT2D eigenvalue weighted by Crippen LogP contribution is 2.27. The van der Waals surface area contributed by atoms with Gasteiger partial charge < -0.3 is 14.6 Å². The zero-order chi connectivity index (χ0) is 18.1. The number of halogens is 2. The van der Waals surface area contributed by atoms with Gasteiger partial charge in [-0.1, -0.05) is 35.2 Å². The Kier molecular flexibility index (Phi) is 5.32. The number of nitrogens with one attached hydrogen (secondary N) is 1. The number of amides is 1. The fraction of sp³-hybridized carbons (Fsp3) is 0.550. The van der Waals surface area contributed by atoms with Gasteiger partial charge in [-0.3, -0.25) is 4.79 Å². The molecule has 140 valence electrons. The van der Waals surface area contributed by atoms with Gasteiger partial charge in [0.2, 0.25) is 0 Å². The first-order chi connectivity index (χ1) is 12.6. The van der Waals surface area contributed by atoms with Crippen LogP contribution in [0.25, 0.3) is 10.9 Å². The van der Waals surface area contributed by atoms with Crippen molar-refractivity contribution in [2.45, 2.75) is 57.2 Å². The standard InChI is InChI=1S/C20H24BrFN2O2/c21-13-10-17(22)16-12-19(23-18(16)11-13)20(25)24-8-6-15(7-9-24)26-14-4-2-1-3-5-14/h10-12,14-15,23H,1-9H2. The molecule has 1 saturated carbocycles. The normalized spacial score (nSPS) is 20.0. The summed E-state index contributed by atoms with van der Waals surface area (Å²) in [6, 6.07) is 4.82. The van der Waals surface area contributed by atoms with Gasteiger partial charge in [-0.15, -0.1) is 0 Å². The molecule has 1 saturated heterocycles. The summed E-state index contributed by atoms with van der Waals surface area (Å²) < 4.78 is 20.9. The second-order valence-corrected chi connectivity index (χ2v) is 8.34.